The fourth-order valence-electron chi connectivity index (χ4n) is 2.31. The van der Waals surface area contributed by atoms with E-state index in [9.17, 15) is 23.1 Å². The average molecular weight is 304 g/mol. The summed E-state index contributed by atoms with van der Waals surface area (Å²) in [6.07, 6.45) is -7.85. The second kappa shape index (κ2) is 6.44. The van der Waals surface area contributed by atoms with Crippen molar-refractivity contribution in [3.8, 4) is 0 Å². The van der Waals surface area contributed by atoms with Crippen LogP contribution < -0.4 is 0 Å². The summed E-state index contributed by atoms with van der Waals surface area (Å²) >= 11 is 0. The van der Waals surface area contributed by atoms with Crippen LogP contribution in [0, 0.1) is 5.92 Å². The summed E-state index contributed by atoms with van der Waals surface area (Å²) in [6.45, 7) is 0.0526. The van der Waals surface area contributed by atoms with E-state index in [-0.39, 0.29) is 19.4 Å². The minimum absolute atomic E-state index is 0.0526. The van der Waals surface area contributed by atoms with Gasteiger partial charge in [-0.1, -0.05) is 30.3 Å². The van der Waals surface area contributed by atoms with Crippen molar-refractivity contribution in [3.05, 3.63) is 35.9 Å². The Kier molecular flexibility index (Phi) is 4.84. The molecule has 1 fully saturated rings. The van der Waals surface area contributed by atoms with Gasteiger partial charge in [-0.3, -0.25) is 9.53 Å². The van der Waals surface area contributed by atoms with Crippen molar-refractivity contribution in [1.29, 1.82) is 0 Å². The Morgan fingerprint density at radius 2 is 1.90 bits per heavy atom. The lowest BCUT2D eigenvalue weighted by Gasteiger charge is -2.16. The molecule has 4 nitrogen and oxygen atoms in total. The third kappa shape index (κ3) is 4.71. The number of hydrogen-bond acceptors (Lipinski definition) is 4. The maximum absolute atomic E-state index is 12.1. The first kappa shape index (κ1) is 15.8. The monoisotopic (exact) mass is 304 g/mol. The van der Waals surface area contributed by atoms with Crippen LogP contribution in [0.2, 0.25) is 0 Å². The van der Waals surface area contributed by atoms with Crippen LogP contribution in [0.25, 0.3) is 0 Å². The lowest BCUT2D eigenvalue weighted by atomic mass is 10.1. The van der Waals surface area contributed by atoms with Crippen molar-refractivity contribution < 1.29 is 32.5 Å². The summed E-state index contributed by atoms with van der Waals surface area (Å²) < 4.78 is 45.2. The van der Waals surface area contributed by atoms with Gasteiger partial charge in [-0.15, -0.1) is 13.2 Å². The molecule has 1 aromatic carbocycles. The topological polar surface area (TPSA) is 55.8 Å². The SMILES string of the molecule is O=C(OCc1ccccc1)[C@@H]1C[C@@H](O)[C@H](OC(F)(F)F)C1. The highest BCUT2D eigenvalue weighted by atomic mass is 19.4. The summed E-state index contributed by atoms with van der Waals surface area (Å²) in [5.41, 5.74) is 0.785. The van der Waals surface area contributed by atoms with Gasteiger partial charge in [0.2, 0.25) is 0 Å². The molecule has 0 aliphatic heterocycles. The summed E-state index contributed by atoms with van der Waals surface area (Å²) in [6, 6.07) is 8.93. The minimum atomic E-state index is -4.82. The van der Waals surface area contributed by atoms with Crippen LogP contribution >= 0.6 is 0 Å². The van der Waals surface area contributed by atoms with Crippen LogP contribution in [-0.4, -0.2) is 29.6 Å². The third-order valence-electron chi connectivity index (χ3n) is 3.31. The predicted molar refractivity (Wildman–Crippen MR) is 65.9 cm³/mol. The molecule has 1 aliphatic carbocycles. The number of hydrogen-bond donors (Lipinski definition) is 1. The maximum Gasteiger partial charge on any atom is 0.522 e. The summed E-state index contributed by atoms with van der Waals surface area (Å²) in [5, 5.41) is 9.52. The molecule has 1 N–H and O–H groups in total. The largest absolute Gasteiger partial charge is 0.522 e. The van der Waals surface area contributed by atoms with E-state index >= 15 is 0 Å². The molecule has 0 heterocycles. The first-order valence-corrected chi connectivity index (χ1v) is 6.48. The minimum Gasteiger partial charge on any atom is -0.461 e. The van der Waals surface area contributed by atoms with Gasteiger partial charge in [0.05, 0.1) is 18.1 Å². The van der Waals surface area contributed by atoms with Crippen LogP contribution in [0.15, 0.2) is 30.3 Å². The fraction of sp³-hybridized carbons (Fsp3) is 0.500. The molecule has 0 unspecified atom stereocenters. The number of alkyl halides is 3. The van der Waals surface area contributed by atoms with Gasteiger partial charge in [0, 0.05) is 0 Å². The van der Waals surface area contributed by atoms with Gasteiger partial charge < -0.3 is 9.84 Å². The van der Waals surface area contributed by atoms with Crippen LogP contribution in [0.3, 0.4) is 0 Å². The lowest BCUT2D eigenvalue weighted by Crippen LogP contribution is -2.29. The first-order valence-electron chi connectivity index (χ1n) is 6.48. The zero-order valence-corrected chi connectivity index (χ0v) is 11.0. The summed E-state index contributed by atoms with van der Waals surface area (Å²) in [7, 11) is 0. The number of rotatable bonds is 4. The lowest BCUT2D eigenvalue weighted by molar-refractivity contribution is -0.348. The van der Waals surface area contributed by atoms with Crippen molar-refractivity contribution in [2.75, 3.05) is 0 Å². The van der Waals surface area contributed by atoms with Crippen molar-refractivity contribution in [2.45, 2.75) is 38.0 Å². The van der Waals surface area contributed by atoms with Gasteiger partial charge in [-0.2, -0.15) is 0 Å². The molecule has 0 spiro atoms. The van der Waals surface area contributed by atoms with Crippen molar-refractivity contribution in [2.24, 2.45) is 5.92 Å². The second-order valence-electron chi connectivity index (χ2n) is 4.93. The van der Waals surface area contributed by atoms with Crippen LogP contribution in [-0.2, 0) is 20.9 Å². The third-order valence-corrected chi connectivity index (χ3v) is 3.31. The molecular formula is C14H15F3O4. The van der Waals surface area contributed by atoms with Crippen LogP contribution in [0.5, 0.6) is 0 Å². The molecule has 0 bridgehead atoms. The molecule has 0 saturated heterocycles. The molecule has 0 radical (unpaired) electrons. The van der Waals surface area contributed by atoms with E-state index in [0.29, 0.717) is 0 Å². The number of aliphatic hydroxyl groups excluding tert-OH is 1. The molecule has 1 saturated carbocycles. The van der Waals surface area contributed by atoms with Gasteiger partial charge in [-0.25, -0.2) is 0 Å². The van der Waals surface area contributed by atoms with E-state index in [1.54, 1.807) is 24.3 Å². The Morgan fingerprint density at radius 3 is 2.52 bits per heavy atom. The standard InChI is InChI=1S/C14H15F3O4/c15-14(16,17)21-12-7-10(6-11(12)18)13(19)20-8-9-4-2-1-3-5-9/h1-5,10-12,18H,6-8H2/t10-,11-,12-/m1/s1. The number of halogens is 3. The number of carbonyl (C=O) groups excluding carboxylic acids is 1. The summed E-state index contributed by atoms with van der Waals surface area (Å²) in [5.74, 6) is -1.40. The predicted octanol–water partition coefficient (Wildman–Crippen LogP) is 2.41. The molecule has 2 rings (SSSR count). The quantitative estimate of drug-likeness (QED) is 0.868. The fourth-order valence-corrected chi connectivity index (χ4v) is 2.31. The van der Waals surface area contributed by atoms with E-state index in [2.05, 4.69) is 4.74 Å². The molecule has 7 heteroatoms. The van der Waals surface area contributed by atoms with Gasteiger partial charge in [0.15, 0.2) is 0 Å². The van der Waals surface area contributed by atoms with E-state index in [0.717, 1.165) is 5.56 Å². The molecule has 21 heavy (non-hydrogen) atoms. The Bertz CT molecular complexity index is 475. The van der Waals surface area contributed by atoms with E-state index in [1.165, 1.54) is 0 Å². The first-order chi connectivity index (χ1) is 9.85. The van der Waals surface area contributed by atoms with Crippen molar-refractivity contribution in [3.63, 3.8) is 0 Å². The highest BCUT2D eigenvalue weighted by Crippen LogP contribution is 2.33. The Balaban J connectivity index is 1.84. The van der Waals surface area contributed by atoms with Crippen molar-refractivity contribution in [1.82, 2.24) is 0 Å². The number of carbonyl (C=O) groups is 1. The maximum atomic E-state index is 12.1. The Hall–Kier alpha value is -1.60. The van der Waals surface area contributed by atoms with Crippen LogP contribution in [0.1, 0.15) is 18.4 Å². The number of esters is 1. The summed E-state index contributed by atoms with van der Waals surface area (Å²) in [4.78, 5) is 11.8. The van der Waals surface area contributed by atoms with Gasteiger partial charge >= 0.3 is 12.3 Å². The Morgan fingerprint density at radius 1 is 1.24 bits per heavy atom. The normalized spacial score (nSPS) is 25.8. The number of benzene rings is 1. The molecule has 116 valence electrons. The van der Waals surface area contributed by atoms with E-state index in [1.807, 2.05) is 6.07 Å². The second-order valence-corrected chi connectivity index (χ2v) is 4.93. The van der Waals surface area contributed by atoms with E-state index in [4.69, 9.17) is 4.74 Å². The zero-order chi connectivity index (χ0) is 15.5. The zero-order valence-electron chi connectivity index (χ0n) is 11.0. The van der Waals surface area contributed by atoms with Gasteiger partial charge in [0.25, 0.3) is 0 Å². The van der Waals surface area contributed by atoms with Gasteiger partial charge in [0.1, 0.15) is 6.61 Å². The molecule has 1 aromatic rings. The Labute approximate surface area is 119 Å². The number of aliphatic hydroxyl groups is 1. The highest BCUT2D eigenvalue weighted by Gasteiger charge is 2.44. The average Bonchev–Trinajstić information content (AvgIpc) is 2.77. The molecule has 1 aliphatic rings. The smallest absolute Gasteiger partial charge is 0.461 e. The van der Waals surface area contributed by atoms with Crippen molar-refractivity contribution >= 4 is 5.97 Å². The molecular weight excluding hydrogens is 289 g/mol. The highest BCUT2D eigenvalue weighted by molar-refractivity contribution is 5.73. The van der Waals surface area contributed by atoms with E-state index < -0.39 is 30.5 Å². The number of ether oxygens (including phenoxy) is 2. The molecule has 0 aromatic heterocycles. The van der Waals surface area contributed by atoms with Crippen LogP contribution in [0.4, 0.5) is 13.2 Å². The molecule has 3 atom stereocenters. The molecule has 0 amide bonds. The van der Waals surface area contributed by atoms with Gasteiger partial charge in [-0.05, 0) is 18.4 Å².